The number of nitrogens with one attached hydrogen (secondary N) is 1. The number of hydrogen-bond acceptors (Lipinski definition) is 4. The van der Waals surface area contributed by atoms with Gasteiger partial charge in [-0.2, -0.15) is 0 Å². The molecule has 0 fully saturated rings. The first-order valence-corrected chi connectivity index (χ1v) is 5.76. The van der Waals surface area contributed by atoms with E-state index in [4.69, 9.17) is 14.6 Å². The molecule has 0 heterocycles. The lowest BCUT2D eigenvalue weighted by molar-refractivity contribution is -0.121. The molecule has 1 aromatic rings. The number of amides is 1. The fourth-order valence-electron chi connectivity index (χ4n) is 1.36. The Hall–Kier alpha value is -2.08. The first-order chi connectivity index (χ1) is 8.93. The zero-order chi connectivity index (χ0) is 14.4. The molecule has 1 amide bonds. The number of carbonyl (C=O) groups excluding carboxylic acids is 1. The van der Waals surface area contributed by atoms with E-state index in [-0.39, 0.29) is 24.0 Å². The third kappa shape index (κ3) is 4.59. The molecule has 0 aliphatic rings. The summed E-state index contributed by atoms with van der Waals surface area (Å²) in [4.78, 5) is 22.7. The fraction of sp³-hybridized carbons (Fsp3) is 0.385. The molecular formula is C13H17NO5. The van der Waals surface area contributed by atoms with Crippen LogP contribution in [0, 0.1) is 0 Å². The summed E-state index contributed by atoms with van der Waals surface area (Å²) in [6, 6.07) is 4.40. The minimum Gasteiger partial charge on any atom is -0.497 e. The average Bonchev–Trinajstić information content (AvgIpc) is 2.36. The lowest BCUT2D eigenvalue weighted by atomic mass is 10.1. The van der Waals surface area contributed by atoms with Crippen molar-refractivity contribution in [1.82, 2.24) is 0 Å². The Morgan fingerprint density at radius 2 is 2.05 bits per heavy atom. The molecule has 1 rings (SSSR count). The van der Waals surface area contributed by atoms with Gasteiger partial charge in [-0.3, -0.25) is 4.79 Å². The van der Waals surface area contributed by atoms with Crippen molar-refractivity contribution in [2.45, 2.75) is 20.0 Å². The van der Waals surface area contributed by atoms with Gasteiger partial charge in [0.1, 0.15) is 12.4 Å². The van der Waals surface area contributed by atoms with E-state index in [1.807, 2.05) is 13.8 Å². The van der Waals surface area contributed by atoms with Crippen molar-refractivity contribution in [3.8, 4) is 5.75 Å². The molecule has 0 radical (unpaired) electrons. The molecule has 2 N–H and O–H groups in total. The molecule has 6 nitrogen and oxygen atoms in total. The van der Waals surface area contributed by atoms with Gasteiger partial charge >= 0.3 is 5.97 Å². The standard InChI is InChI=1S/C13H17NO5/c1-8(2)19-7-12(15)14-11-5-4-9(18-3)6-10(11)13(16)17/h4-6,8H,7H2,1-3H3,(H,14,15)(H,16,17). The van der Waals surface area contributed by atoms with Crippen LogP contribution >= 0.6 is 0 Å². The van der Waals surface area contributed by atoms with Gasteiger partial charge in [0.25, 0.3) is 0 Å². The lowest BCUT2D eigenvalue weighted by Crippen LogP contribution is -2.21. The first-order valence-electron chi connectivity index (χ1n) is 5.76. The number of carbonyl (C=O) groups is 2. The number of carboxylic acids is 1. The molecule has 0 saturated carbocycles. The molecule has 1 aromatic carbocycles. The van der Waals surface area contributed by atoms with Crippen LogP contribution in [-0.2, 0) is 9.53 Å². The van der Waals surface area contributed by atoms with Crippen molar-refractivity contribution in [2.75, 3.05) is 19.0 Å². The molecule has 0 aliphatic carbocycles. The van der Waals surface area contributed by atoms with Crippen LogP contribution in [-0.4, -0.2) is 36.8 Å². The van der Waals surface area contributed by atoms with Crippen LogP contribution in [0.25, 0.3) is 0 Å². The third-order valence-electron chi connectivity index (χ3n) is 2.28. The summed E-state index contributed by atoms with van der Waals surface area (Å²) in [5.41, 5.74) is 0.183. The Labute approximate surface area is 111 Å². The predicted octanol–water partition coefficient (Wildman–Crippen LogP) is 1.76. The van der Waals surface area contributed by atoms with Crippen molar-refractivity contribution in [1.29, 1.82) is 0 Å². The summed E-state index contributed by atoms with van der Waals surface area (Å²) in [7, 11) is 1.44. The SMILES string of the molecule is COc1ccc(NC(=O)COC(C)C)c(C(=O)O)c1. The molecule has 0 spiro atoms. The average molecular weight is 267 g/mol. The van der Waals surface area contributed by atoms with Gasteiger partial charge in [-0.05, 0) is 32.0 Å². The molecule has 0 atom stereocenters. The van der Waals surface area contributed by atoms with Crippen LogP contribution in [0.1, 0.15) is 24.2 Å². The maximum Gasteiger partial charge on any atom is 0.337 e. The third-order valence-corrected chi connectivity index (χ3v) is 2.28. The molecule has 104 valence electrons. The Morgan fingerprint density at radius 1 is 1.37 bits per heavy atom. The number of benzene rings is 1. The second-order valence-corrected chi connectivity index (χ2v) is 4.12. The van der Waals surface area contributed by atoms with Crippen LogP contribution in [0.4, 0.5) is 5.69 Å². The number of ether oxygens (including phenoxy) is 2. The van der Waals surface area contributed by atoms with E-state index in [1.54, 1.807) is 6.07 Å². The van der Waals surface area contributed by atoms with Crippen LogP contribution in [0.15, 0.2) is 18.2 Å². The van der Waals surface area contributed by atoms with Crippen molar-refractivity contribution >= 4 is 17.6 Å². The fourth-order valence-corrected chi connectivity index (χ4v) is 1.36. The summed E-state index contributed by atoms with van der Waals surface area (Å²) in [6.07, 6.45) is -0.0689. The minimum absolute atomic E-state index is 0.0303. The summed E-state index contributed by atoms with van der Waals surface area (Å²) in [5, 5.41) is 11.6. The summed E-state index contributed by atoms with van der Waals surface area (Å²) >= 11 is 0. The van der Waals surface area contributed by atoms with Crippen molar-refractivity contribution in [3.05, 3.63) is 23.8 Å². The Kier molecular flexibility index (Phi) is 5.32. The number of methoxy groups -OCH3 is 1. The van der Waals surface area contributed by atoms with Crippen LogP contribution in [0.3, 0.4) is 0 Å². The highest BCUT2D eigenvalue weighted by Crippen LogP contribution is 2.22. The Morgan fingerprint density at radius 3 is 2.58 bits per heavy atom. The lowest BCUT2D eigenvalue weighted by Gasteiger charge is -2.11. The maximum absolute atomic E-state index is 11.6. The molecule has 0 unspecified atom stereocenters. The van der Waals surface area contributed by atoms with Gasteiger partial charge < -0.3 is 19.9 Å². The van der Waals surface area contributed by atoms with Gasteiger partial charge in [0.15, 0.2) is 0 Å². The second kappa shape index (κ2) is 6.75. The summed E-state index contributed by atoms with van der Waals surface area (Å²) in [5.74, 6) is -1.13. The largest absolute Gasteiger partial charge is 0.497 e. The van der Waals surface area contributed by atoms with Crippen molar-refractivity contribution in [3.63, 3.8) is 0 Å². The van der Waals surface area contributed by atoms with Gasteiger partial charge in [0.2, 0.25) is 5.91 Å². The van der Waals surface area contributed by atoms with E-state index in [1.165, 1.54) is 19.2 Å². The zero-order valence-corrected chi connectivity index (χ0v) is 11.1. The molecule has 0 aromatic heterocycles. The summed E-state index contributed by atoms with van der Waals surface area (Å²) in [6.45, 7) is 3.50. The smallest absolute Gasteiger partial charge is 0.337 e. The monoisotopic (exact) mass is 267 g/mol. The number of anilines is 1. The van der Waals surface area contributed by atoms with E-state index < -0.39 is 11.9 Å². The maximum atomic E-state index is 11.6. The minimum atomic E-state index is -1.14. The number of aromatic carboxylic acids is 1. The normalized spacial score (nSPS) is 10.3. The molecule has 6 heteroatoms. The zero-order valence-electron chi connectivity index (χ0n) is 11.1. The topological polar surface area (TPSA) is 84.9 Å². The van der Waals surface area contributed by atoms with Crippen LogP contribution in [0.2, 0.25) is 0 Å². The molecule has 19 heavy (non-hydrogen) atoms. The van der Waals surface area contributed by atoms with E-state index >= 15 is 0 Å². The highest BCUT2D eigenvalue weighted by Gasteiger charge is 2.14. The predicted molar refractivity (Wildman–Crippen MR) is 69.7 cm³/mol. The molecule has 0 saturated heterocycles. The number of hydrogen-bond donors (Lipinski definition) is 2. The highest BCUT2D eigenvalue weighted by molar-refractivity contribution is 6.01. The van der Waals surface area contributed by atoms with E-state index in [2.05, 4.69) is 5.32 Å². The Balaban J connectivity index is 2.82. The van der Waals surface area contributed by atoms with Gasteiger partial charge in [-0.1, -0.05) is 0 Å². The van der Waals surface area contributed by atoms with Gasteiger partial charge in [0, 0.05) is 0 Å². The van der Waals surface area contributed by atoms with Crippen molar-refractivity contribution < 1.29 is 24.2 Å². The first kappa shape index (κ1) is 15.0. The Bertz CT molecular complexity index is 470. The van der Waals surface area contributed by atoms with E-state index in [0.717, 1.165) is 0 Å². The molecular weight excluding hydrogens is 250 g/mol. The van der Waals surface area contributed by atoms with Gasteiger partial charge in [-0.15, -0.1) is 0 Å². The van der Waals surface area contributed by atoms with Crippen LogP contribution in [0.5, 0.6) is 5.75 Å². The second-order valence-electron chi connectivity index (χ2n) is 4.12. The molecule has 0 bridgehead atoms. The van der Waals surface area contributed by atoms with Gasteiger partial charge in [0.05, 0.1) is 24.5 Å². The van der Waals surface area contributed by atoms with E-state index in [9.17, 15) is 9.59 Å². The highest BCUT2D eigenvalue weighted by atomic mass is 16.5. The van der Waals surface area contributed by atoms with Crippen LogP contribution < -0.4 is 10.1 Å². The summed E-state index contributed by atoms with van der Waals surface area (Å²) < 4.78 is 10.1. The quantitative estimate of drug-likeness (QED) is 0.820. The number of carboxylic acid groups (broad SMARTS) is 1. The van der Waals surface area contributed by atoms with Gasteiger partial charge in [-0.25, -0.2) is 4.79 Å². The number of rotatable bonds is 6. The molecule has 0 aliphatic heterocycles. The van der Waals surface area contributed by atoms with Crippen molar-refractivity contribution in [2.24, 2.45) is 0 Å². The van der Waals surface area contributed by atoms with E-state index in [0.29, 0.717) is 5.75 Å².